The number of halogens is 1. The average molecular weight is 394 g/mol. The van der Waals surface area contributed by atoms with Crippen molar-refractivity contribution < 1.29 is 13.2 Å². The molecule has 1 heterocycles. The SMILES string of the molecule is O=C(CN1CCN(S(=O)(=O)c2ccccc2)CC1)Nc1ccc(Cl)cc1. The van der Waals surface area contributed by atoms with E-state index in [0.29, 0.717) is 41.8 Å². The molecule has 0 saturated carbocycles. The molecule has 138 valence electrons. The molecule has 1 aliphatic heterocycles. The summed E-state index contributed by atoms with van der Waals surface area (Å²) >= 11 is 5.82. The van der Waals surface area contributed by atoms with E-state index in [4.69, 9.17) is 11.6 Å². The minimum atomic E-state index is -3.47. The van der Waals surface area contributed by atoms with Crippen LogP contribution in [0, 0.1) is 0 Å². The van der Waals surface area contributed by atoms with Crippen molar-refractivity contribution in [2.75, 3.05) is 38.0 Å². The van der Waals surface area contributed by atoms with Crippen molar-refractivity contribution in [3.05, 3.63) is 59.6 Å². The molecule has 1 aliphatic rings. The fraction of sp³-hybridized carbons (Fsp3) is 0.278. The maximum Gasteiger partial charge on any atom is 0.243 e. The fourth-order valence-corrected chi connectivity index (χ4v) is 4.38. The molecule has 6 nitrogen and oxygen atoms in total. The summed E-state index contributed by atoms with van der Waals surface area (Å²) < 4.78 is 26.7. The Morgan fingerprint density at radius 2 is 1.58 bits per heavy atom. The van der Waals surface area contributed by atoms with Crippen molar-refractivity contribution >= 4 is 33.2 Å². The van der Waals surface area contributed by atoms with Crippen molar-refractivity contribution in [1.82, 2.24) is 9.21 Å². The first-order valence-electron chi connectivity index (χ1n) is 8.28. The molecule has 8 heteroatoms. The third-order valence-corrected chi connectivity index (χ3v) is 6.37. The van der Waals surface area contributed by atoms with Gasteiger partial charge >= 0.3 is 0 Å². The molecule has 1 amide bonds. The summed E-state index contributed by atoms with van der Waals surface area (Å²) in [6.45, 7) is 1.99. The number of carbonyl (C=O) groups excluding carboxylic acids is 1. The third kappa shape index (κ3) is 4.62. The predicted octanol–water partition coefficient (Wildman–Crippen LogP) is 2.29. The molecule has 1 saturated heterocycles. The summed E-state index contributed by atoms with van der Waals surface area (Å²) in [4.78, 5) is 14.4. The van der Waals surface area contributed by atoms with Gasteiger partial charge in [0.05, 0.1) is 11.4 Å². The van der Waals surface area contributed by atoms with E-state index in [9.17, 15) is 13.2 Å². The van der Waals surface area contributed by atoms with E-state index in [2.05, 4.69) is 5.32 Å². The molecule has 26 heavy (non-hydrogen) atoms. The molecule has 1 N–H and O–H groups in total. The smallest absolute Gasteiger partial charge is 0.243 e. The standard InChI is InChI=1S/C18H20ClN3O3S/c19-15-6-8-16(9-7-15)20-18(23)14-21-10-12-22(13-11-21)26(24,25)17-4-2-1-3-5-17/h1-9H,10-14H2,(H,20,23). The Labute approximate surface area is 158 Å². The zero-order valence-electron chi connectivity index (χ0n) is 14.1. The van der Waals surface area contributed by atoms with Crippen LogP contribution in [-0.2, 0) is 14.8 Å². The number of hydrogen-bond donors (Lipinski definition) is 1. The Bertz CT molecular complexity index is 849. The monoisotopic (exact) mass is 393 g/mol. The maximum absolute atomic E-state index is 12.6. The predicted molar refractivity (Wildman–Crippen MR) is 102 cm³/mol. The molecule has 3 rings (SSSR count). The van der Waals surface area contributed by atoms with E-state index in [-0.39, 0.29) is 12.5 Å². The van der Waals surface area contributed by atoms with E-state index < -0.39 is 10.0 Å². The van der Waals surface area contributed by atoms with Crippen LogP contribution in [-0.4, -0.2) is 56.3 Å². The molecular weight excluding hydrogens is 374 g/mol. The van der Waals surface area contributed by atoms with Gasteiger partial charge in [0, 0.05) is 36.9 Å². The van der Waals surface area contributed by atoms with Gasteiger partial charge in [0.25, 0.3) is 0 Å². The van der Waals surface area contributed by atoms with Gasteiger partial charge in [-0.2, -0.15) is 4.31 Å². The second kappa shape index (κ2) is 8.18. The van der Waals surface area contributed by atoms with Crippen LogP contribution in [0.25, 0.3) is 0 Å². The highest BCUT2D eigenvalue weighted by Crippen LogP contribution is 2.17. The van der Waals surface area contributed by atoms with Crippen molar-refractivity contribution in [3.63, 3.8) is 0 Å². The number of piperazine rings is 1. The van der Waals surface area contributed by atoms with Gasteiger partial charge in [0.1, 0.15) is 0 Å². The molecule has 0 atom stereocenters. The first-order chi connectivity index (χ1) is 12.4. The van der Waals surface area contributed by atoms with Crippen LogP contribution >= 0.6 is 11.6 Å². The van der Waals surface area contributed by atoms with Gasteiger partial charge in [-0.05, 0) is 36.4 Å². The number of hydrogen-bond acceptors (Lipinski definition) is 4. The molecule has 2 aromatic rings. The number of amides is 1. The Morgan fingerprint density at radius 1 is 0.962 bits per heavy atom. The summed E-state index contributed by atoms with van der Waals surface area (Å²) in [5.74, 6) is -0.133. The number of anilines is 1. The lowest BCUT2D eigenvalue weighted by molar-refractivity contribution is -0.117. The molecule has 1 fully saturated rings. The largest absolute Gasteiger partial charge is 0.325 e. The van der Waals surface area contributed by atoms with Gasteiger partial charge in [0.15, 0.2) is 0 Å². The Kier molecular flexibility index (Phi) is 5.93. The highest BCUT2D eigenvalue weighted by Gasteiger charge is 2.28. The fourth-order valence-electron chi connectivity index (χ4n) is 2.81. The molecule has 0 unspecified atom stereocenters. The average Bonchev–Trinajstić information content (AvgIpc) is 2.65. The van der Waals surface area contributed by atoms with E-state index in [1.807, 2.05) is 4.90 Å². The normalized spacial score (nSPS) is 16.3. The van der Waals surface area contributed by atoms with E-state index in [0.717, 1.165) is 0 Å². The van der Waals surface area contributed by atoms with Gasteiger partial charge < -0.3 is 5.32 Å². The minimum Gasteiger partial charge on any atom is -0.325 e. The summed E-state index contributed by atoms with van der Waals surface area (Å²) in [5.41, 5.74) is 0.685. The summed E-state index contributed by atoms with van der Waals surface area (Å²) in [6.07, 6.45) is 0. The summed E-state index contributed by atoms with van der Waals surface area (Å²) in [7, 11) is -3.47. The molecule has 0 aromatic heterocycles. The minimum absolute atomic E-state index is 0.133. The van der Waals surface area contributed by atoms with E-state index in [1.54, 1.807) is 54.6 Å². The number of benzene rings is 2. The van der Waals surface area contributed by atoms with Crippen LogP contribution in [0.1, 0.15) is 0 Å². The van der Waals surface area contributed by atoms with Crippen molar-refractivity contribution in [2.45, 2.75) is 4.90 Å². The van der Waals surface area contributed by atoms with E-state index in [1.165, 1.54) is 4.31 Å². The first kappa shape index (κ1) is 18.8. The van der Waals surface area contributed by atoms with Crippen molar-refractivity contribution in [1.29, 1.82) is 0 Å². The van der Waals surface area contributed by atoms with Gasteiger partial charge in [-0.15, -0.1) is 0 Å². The number of sulfonamides is 1. The quantitative estimate of drug-likeness (QED) is 0.846. The Morgan fingerprint density at radius 3 is 2.19 bits per heavy atom. The molecular formula is C18H20ClN3O3S. The maximum atomic E-state index is 12.6. The molecule has 0 aliphatic carbocycles. The van der Waals surface area contributed by atoms with Gasteiger partial charge in [-0.3, -0.25) is 9.69 Å². The Hall–Kier alpha value is -1.93. The zero-order chi connectivity index (χ0) is 18.6. The lowest BCUT2D eigenvalue weighted by Crippen LogP contribution is -2.50. The lowest BCUT2D eigenvalue weighted by Gasteiger charge is -2.33. The van der Waals surface area contributed by atoms with Crippen LogP contribution in [0.3, 0.4) is 0 Å². The zero-order valence-corrected chi connectivity index (χ0v) is 15.7. The third-order valence-electron chi connectivity index (χ3n) is 4.21. The topological polar surface area (TPSA) is 69.7 Å². The van der Waals surface area contributed by atoms with Crippen LogP contribution in [0.5, 0.6) is 0 Å². The molecule has 0 bridgehead atoms. The Balaban J connectivity index is 1.52. The summed E-state index contributed by atoms with van der Waals surface area (Å²) in [5, 5.41) is 3.42. The van der Waals surface area contributed by atoms with Crippen LogP contribution < -0.4 is 5.32 Å². The molecule has 0 radical (unpaired) electrons. The number of rotatable bonds is 5. The molecule has 0 spiro atoms. The summed E-state index contributed by atoms with van der Waals surface area (Å²) in [6, 6.07) is 15.3. The van der Waals surface area contributed by atoms with E-state index >= 15 is 0 Å². The lowest BCUT2D eigenvalue weighted by atomic mass is 10.3. The van der Waals surface area contributed by atoms with Crippen LogP contribution in [0.4, 0.5) is 5.69 Å². The van der Waals surface area contributed by atoms with Gasteiger partial charge in [0.2, 0.25) is 15.9 Å². The van der Waals surface area contributed by atoms with Gasteiger partial charge in [-0.1, -0.05) is 29.8 Å². The number of carbonyl (C=O) groups is 1. The second-order valence-corrected chi connectivity index (χ2v) is 8.42. The number of nitrogens with one attached hydrogen (secondary N) is 1. The highest BCUT2D eigenvalue weighted by atomic mass is 35.5. The molecule has 2 aromatic carbocycles. The van der Waals surface area contributed by atoms with Crippen LogP contribution in [0.15, 0.2) is 59.5 Å². The number of nitrogens with zero attached hydrogens (tertiary/aromatic N) is 2. The van der Waals surface area contributed by atoms with Crippen molar-refractivity contribution in [2.24, 2.45) is 0 Å². The van der Waals surface area contributed by atoms with Gasteiger partial charge in [-0.25, -0.2) is 8.42 Å². The first-order valence-corrected chi connectivity index (χ1v) is 10.1. The highest BCUT2D eigenvalue weighted by molar-refractivity contribution is 7.89. The second-order valence-electron chi connectivity index (χ2n) is 6.05. The van der Waals surface area contributed by atoms with Crippen LogP contribution in [0.2, 0.25) is 5.02 Å². The van der Waals surface area contributed by atoms with Crippen molar-refractivity contribution in [3.8, 4) is 0 Å².